The van der Waals surface area contributed by atoms with E-state index in [1.807, 2.05) is 23.7 Å². The van der Waals surface area contributed by atoms with Crippen LogP contribution in [-0.4, -0.2) is 11.5 Å². The SMILES string of the molecule is CCCNC(Cc1cncc(Br)c1)c1cc(C)c(Br)s1. The first-order valence-electron chi connectivity index (χ1n) is 6.68. The smallest absolute Gasteiger partial charge is 0.0731 e. The van der Waals surface area contributed by atoms with Crippen LogP contribution in [0.15, 0.2) is 32.8 Å². The summed E-state index contributed by atoms with van der Waals surface area (Å²) in [6.45, 7) is 5.36. The van der Waals surface area contributed by atoms with Crippen LogP contribution in [0.5, 0.6) is 0 Å². The number of thiophene rings is 1. The number of hydrogen-bond donors (Lipinski definition) is 1. The Balaban J connectivity index is 2.19. The van der Waals surface area contributed by atoms with Crippen molar-refractivity contribution in [2.75, 3.05) is 6.54 Å². The average molecular weight is 418 g/mol. The molecular weight excluding hydrogens is 400 g/mol. The van der Waals surface area contributed by atoms with Gasteiger partial charge in [-0.25, -0.2) is 0 Å². The summed E-state index contributed by atoms with van der Waals surface area (Å²) in [6.07, 6.45) is 5.86. The molecule has 1 unspecified atom stereocenters. The van der Waals surface area contributed by atoms with Crippen LogP contribution in [0.1, 0.15) is 35.4 Å². The molecule has 2 nitrogen and oxygen atoms in total. The summed E-state index contributed by atoms with van der Waals surface area (Å²) in [7, 11) is 0. The van der Waals surface area contributed by atoms with Gasteiger partial charge in [-0.15, -0.1) is 11.3 Å². The van der Waals surface area contributed by atoms with Crippen LogP contribution in [-0.2, 0) is 6.42 Å². The van der Waals surface area contributed by atoms with E-state index in [2.05, 4.69) is 68.1 Å². The minimum atomic E-state index is 0.348. The number of rotatable bonds is 6. The summed E-state index contributed by atoms with van der Waals surface area (Å²) in [4.78, 5) is 5.63. The van der Waals surface area contributed by atoms with Crippen LogP contribution in [0.25, 0.3) is 0 Å². The minimum Gasteiger partial charge on any atom is -0.309 e. The Morgan fingerprint density at radius 3 is 2.70 bits per heavy atom. The molecule has 108 valence electrons. The number of aryl methyl sites for hydroxylation is 1. The predicted molar refractivity (Wildman–Crippen MR) is 93.4 cm³/mol. The van der Waals surface area contributed by atoms with E-state index in [-0.39, 0.29) is 0 Å². The lowest BCUT2D eigenvalue weighted by Crippen LogP contribution is -2.23. The molecule has 0 radical (unpaired) electrons. The van der Waals surface area contributed by atoms with Gasteiger partial charge in [-0.2, -0.15) is 0 Å². The Hall–Kier alpha value is -0.230. The van der Waals surface area contributed by atoms with Crippen LogP contribution < -0.4 is 5.32 Å². The van der Waals surface area contributed by atoms with Gasteiger partial charge in [0.15, 0.2) is 0 Å². The lowest BCUT2D eigenvalue weighted by atomic mass is 10.1. The van der Waals surface area contributed by atoms with E-state index in [4.69, 9.17) is 0 Å². The van der Waals surface area contributed by atoms with Crippen molar-refractivity contribution in [3.63, 3.8) is 0 Å². The summed E-state index contributed by atoms with van der Waals surface area (Å²) < 4.78 is 2.26. The zero-order valence-electron chi connectivity index (χ0n) is 11.6. The van der Waals surface area contributed by atoms with Crippen LogP contribution >= 0.6 is 43.2 Å². The second kappa shape index (κ2) is 7.69. The highest BCUT2D eigenvalue weighted by Crippen LogP contribution is 2.33. The Morgan fingerprint density at radius 2 is 2.10 bits per heavy atom. The lowest BCUT2D eigenvalue weighted by Gasteiger charge is -2.17. The third kappa shape index (κ3) is 4.38. The zero-order chi connectivity index (χ0) is 14.5. The maximum absolute atomic E-state index is 4.25. The van der Waals surface area contributed by atoms with E-state index in [9.17, 15) is 0 Å². The molecule has 0 saturated carbocycles. The zero-order valence-corrected chi connectivity index (χ0v) is 15.6. The number of aromatic nitrogens is 1. The van der Waals surface area contributed by atoms with E-state index in [1.54, 1.807) is 0 Å². The largest absolute Gasteiger partial charge is 0.309 e. The number of nitrogens with one attached hydrogen (secondary N) is 1. The molecule has 0 aliphatic rings. The van der Waals surface area contributed by atoms with Gasteiger partial charge in [-0.3, -0.25) is 4.98 Å². The molecule has 0 saturated heterocycles. The van der Waals surface area contributed by atoms with E-state index in [1.165, 1.54) is 19.8 Å². The topological polar surface area (TPSA) is 24.9 Å². The summed E-state index contributed by atoms with van der Waals surface area (Å²) in [5, 5.41) is 3.64. The molecule has 0 spiro atoms. The van der Waals surface area contributed by atoms with E-state index in [0.29, 0.717) is 6.04 Å². The summed E-state index contributed by atoms with van der Waals surface area (Å²) in [5.74, 6) is 0. The van der Waals surface area contributed by atoms with Crippen molar-refractivity contribution in [2.24, 2.45) is 0 Å². The highest BCUT2D eigenvalue weighted by molar-refractivity contribution is 9.11. The molecule has 1 N–H and O–H groups in total. The van der Waals surface area contributed by atoms with Gasteiger partial charge in [-0.1, -0.05) is 6.92 Å². The van der Waals surface area contributed by atoms with Crippen molar-refractivity contribution in [1.82, 2.24) is 10.3 Å². The third-order valence-corrected chi connectivity index (χ3v) is 5.75. The fourth-order valence-electron chi connectivity index (χ4n) is 2.05. The van der Waals surface area contributed by atoms with Gasteiger partial charge in [0.05, 0.1) is 3.79 Å². The monoisotopic (exact) mass is 416 g/mol. The molecule has 20 heavy (non-hydrogen) atoms. The van der Waals surface area contributed by atoms with E-state index < -0.39 is 0 Å². The first-order chi connectivity index (χ1) is 9.60. The number of hydrogen-bond acceptors (Lipinski definition) is 3. The van der Waals surface area contributed by atoms with Crippen molar-refractivity contribution in [3.05, 3.63) is 48.8 Å². The Labute approximate surface area is 141 Å². The molecule has 2 aromatic rings. The second-order valence-electron chi connectivity index (χ2n) is 4.83. The second-order valence-corrected chi connectivity index (χ2v) is 8.15. The molecule has 0 aromatic carbocycles. The molecular formula is C15H18Br2N2S. The highest BCUT2D eigenvalue weighted by Gasteiger charge is 2.15. The molecule has 0 fully saturated rings. The predicted octanol–water partition coefficient (Wildman–Crippen LogP) is 5.26. The summed E-state index contributed by atoms with van der Waals surface area (Å²) in [5.41, 5.74) is 2.55. The van der Waals surface area contributed by atoms with Gasteiger partial charge in [0, 0.05) is 27.8 Å². The molecule has 2 rings (SSSR count). The molecule has 0 aliphatic heterocycles. The maximum atomic E-state index is 4.25. The quantitative estimate of drug-likeness (QED) is 0.693. The fourth-order valence-corrected chi connectivity index (χ4v) is 4.11. The van der Waals surface area contributed by atoms with E-state index in [0.717, 1.165) is 23.9 Å². The van der Waals surface area contributed by atoms with Gasteiger partial charge < -0.3 is 5.32 Å². The van der Waals surface area contributed by atoms with Crippen molar-refractivity contribution < 1.29 is 0 Å². The van der Waals surface area contributed by atoms with Gasteiger partial charge in [0.25, 0.3) is 0 Å². The van der Waals surface area contributed by atoms with Crippen LogP contribution in [0, 0.1) is 6.92 Å². The normalized spacial score (nSPS) is 12.6. The molecule has 0 bridgehead atoms. The Bertz CT molecular complexity index is 549. The Kier molecular flexibility index (Phi) is 6.20. The lowest BCUT2D eigenvalue weighted by molar-refractivity contribution is 0.536. The average Bonchev–Trinajstić information content (AvgIpc) is 2.74. The number of nitrogens with zero attached hydrogens (tertiary/aromatic N) is 1. The molecule has 2 heterocycles. The van der Waals surface area contributed by atoms with E-state index >= 15 is 0 Å². The van der Waals surface area contributed by atoms with Gasteiger partial charge >= 0.3 is 0 Å². The Morgan fingerprint density at radius 1 is 1.30 bits per heavy atom. The molecule has 5 heteroatoms. The molecule has 0 amide bonds. The van der Waals surface area contributed by atoms with Gasteiger partial charge in [-0.05, 0) is 81.4 Å². The maximum Gasteiger partial charge on any atom is 0.0731 e. The van der Waals surface area contributed by atoms with Gasteiger partial charge in [0.2, 0.25) is 0 Å². The molecule has 0 aliphatic carbocycles. The first kappa shape index (κ1) is 16.1. The molecule has 1 atom stereocenters. The van der Waals surface area contributed by atoms with Crippen molar-refractivity contribution in [3.8, 4) is 0 Å². The summed E-state index contributed by atoms with van der Waals surface area (Å²) in [6, 6.07) is 4.76. The van der Waals surface area contributed by atoms with Crippen molar-refractivity contribution in [2.45, 2.75) is 32.7 Å². The van der Waals surface area contributed by atoms with Crippen LogP contribution in [0.4, 0.5) is 0 Å². The first-order valence-corrected chi connectivity index (χ1v) is 9.09. The van der Waals surface area contributed by atoms with Gasteiger partial charge in [0.1, 0.15) is 0 Å². The number of halogens is 2. The fraction of sp³-hybridized carbons (Fsp3) is 0.400. The van der Waals surface area contributed by atoms with Crippen LogP contribution in [0.2, 0.25) is 0 Å². The standard InChI is InChI=1S/C15H18Br2N2S/c1-3-4-19-13(14-5-10(2)15(17)20-14)7-11-6-12(16)9-18-8-11/h5-6,8-9,13,19H,3-4,7H2,1-2H3. The molecule has 2 aromatic heterocycles. The highest BCUT2D eigenvalue weighted by atomic mass is 79.9. The minimum absolute atomic E-state index is 0.348. The van der Waals surface area contributed by atoms with Crippen molar-refractivity contribution in [1.29, 1.82) is 0 Å². The third-order valence-electron chi connectivity index (χ3n) is 3.06. The summed E-state index contributed by atoms with van der Waals surface area (Å²) >= 11 is 8.93. The number of pyridine rings is 1. The van der Waals surface area contributed by atoms with Crippen molar-refractivity contribution >= 4 is 43.2 Å². The van der Waals surface area contributed by atoms with Crippen LogP contribution in [0.3, 0.4) is 0 Å².